The highest BCUT2D eigenvalue weighted by Gasteiger charge is 2.28. The molecular formula is C17H22N2O2S4. The van der Waals surface area contributed by atoms with E-state index in [1.807, 2.05) is 0 Å². The zero-order valence-electron chi connectivity index (χ0n) is 14.9. The van der Waals surface area contributed by atoms with E-state index >= 15 is 0 Å². The Labute approximate surface area is 169 Å². The van der Waals surface area contributed by atoms with Gasteiger partial charge in [0, 0.05) is 21.2 Å². The monoisotopic (exact) mass is 414 g/mol. The van der Waals surface area contributed by atoms with E-state index in [2.05, 4.69) is 12.1 Å². The zero-order valence-corrected chi connectivity index (χ0v) is 18.1. The van der Waals surface area contributed by atoms with Crippen molar-refractivity contribution in [3.63, 3.8) is 0 Å². The maximum atomic E-state index is 12.0. The Kier molecular flexibility index (Phi) is 10.7. The molecule has 0 rings (SSSR count). The molecule has 0 fully saturated rings. The Morgan fingerprint density at radius 3 is 1.44 bits per heavy atom. The molecule has 2 atom stereocenters. The van der Waals surface area contributed by atoms with Gasteiger partial charge in [-0.3, -0.25) is 9.59 Å². The molecule has 0 aromatic heterocycles. The summed E-state index contributed by atoms with van der Waals surface area (Å²) in [6.45, 7) is 6.97. The molecule has 25 heavy (non-hydrogen) atoms. The van der Waals surface area contributed by atoms with Crippen molar-refractivity contribution in [2.75, 3.05) is 0 Å². The number of rotatable bonds is 10. The first kappa shape index (κ1) is 24.2. The van der Waals surface area contributed by atoms with Gasteiger partial charge in [-0.05, 0) is 40.5 Å². The van der Waals surface area contributed by atoms with Crippen molar-refractivity contribution in [2.45, 2.75) is 69.3 Å². The number of hydrogen-bond donors (Lipinski definition) is 0. The Morgan fingerprint density at radius 2 is 1.20 bits per heavy atom. The highest BCUT2D eigenvalue weighted by Crippen LogP contribution is 2.32. The summed E-state index contributed by atoms with van der Waals surface area (Å²) in [7, 11) is 0. The van der Waals surface area contributed by atoms with Gasteiger partial charge in [0.25, 0.3) is 0 Å². The van der Waals surface area contributed by atoms with Crippen molar-refractivity contribution in [3.8, 4) is 12.1 Å². The van der Waals surface area contributed by atoms with Crippen molar-refractivity contribution >= 4 is 67.9 Å². The summed E-state index contributed by atoms with van der Waals surface area (Å²) < 4.78 is -0.209. The van der Waals surface area contributed by atoms with Gasteiger partial charge in [-0.25, -0.2) is 0 Å². The van der Waals surface area contributed by atoms with Crippen molar-refractivity contribution < 1.29 is 9.59 Å². The van der Waals surface area contributed by atoms with Gasteiger partial charge in [-0.15, -0.1) is 0 Å². The molecule has 0 aliphatic heterocycles. The molecule has 0 bridgehead atoms. The first-order chi connectivity index (χ1) is 11.4. The minimum Gasteiger partial charge on any atom is -0.299 e. The fourth-order valence-corrected chi connectivity index (χ4v) is 4.92. The third kappa shape index (κ3) is 10.7. The number of thiocarbonyl (C=S) groups is 2. The minimum absolute atomic E-state index is 0.161. The third-order valence-corrected chi connectivity index (χ3v) is 5.93. The molecule has 136 valence electrons. The molecule has 0 heterocycles. The lowest BCUT2D eigenvalue weighted by Crippen LogP contribution is -2.22. The standard InChI is InChI=1S/C17H22N2O2S4/c1-12(22)24-16(3,10-18)7-5-14(20)9-15(21)6-8-17(4,11-19)25-13(2)23/h5-9H2,1-4H3. The molecule has 0 spiro atoms. The molecule has 0 N–H and O–H groups in total. The molecule has 0 amide bonds. The van der Waals surface area contributed by atoms with Crippen LogP contribution in [0.2, 0.25) is 0 Å². The molecule has 0 aliphatic carbocycles. The number of hydrogen-bond acceptors (Lipinski definition) is 8. The van der Waals surface area contributed by atoms with Crippen LogP contribution in [0.5, 0.6) is 0 Å². The van der Waals surface area contributed by atoms with E-state index in [1.165, 1.54) is 23.5 Å². The van der Waals surface area contributed by atoms with Crippen LogP contribution in [0.3, 0.4) is 0 Å². The molecule has 0 saturated carbocycles. The van der Waals surface area contributed by atoms with Crippen LogP contribution < -0.4 is 0 Å². The SMILES string of the molecule is CC(=S)SC(C)(C#N)CCC(=O)CC(=O)CCC(C)(C#N)SC(C)=S. The molecule has 0 aliphatic rings. The summed E-state index contributed by atoms with van der Waals surface area (Å²) in [5.41, 5.74) is 0. The van der Waals surface area contributed by atoms with Crippen molar-refractivity contribution in [1.82, 2.24) is 0 Å². The third-order valence-electron chi connectivity index (χ3n) is 3.37. The Hall–Kier alpha value is -0.800. The maximum absolute atomic E-state index is 12.0. The van der Waals surface area contributed by atoms with Crippen molar-refractivity contribution in [2.24, 2.45) is 0 Å². The molecule has 0 radical (unpaired) electrons. The average Bonchev–Trinajstić information content (AvgIpc) is 2.50. The molecule has 0 aromatic rings. The van der Waals surface area contributed by atoms with Gasteiger partial charge in [0.2, 0.25) is 0 Å². The van der Waals surface area contributed by atoms with Gasteiger partial charge in [0.15, 0.2) is 0 Å². The van der Waals surface area contributed by atoms with Crippen LogP contribution in [-0.2, 0) is 9.59 Å². The number of carbonyl (C=O) groups excluding carboxylic acids is 2. The largest absolute Gasteiger partial charge is 0.299 e. The molecule has 4 nitrogen and oxygen atoms in total. The zero-order chi connectivity index (χ0) is 19.7. The minimum atomic E-state index is -0.753. The first-order valence-electron chi connectivity index (χ1n) is 7.70. The van der Waals surface area contributed by atoms with Crippen LogP contribution in [0, 0.1) is 22.7 Å². The molecule has 0 aromatic carbocycles. The van der Waals surface area contributed by atoms with Crippen LogP contribution in [0.25, 0.3) is 0 Å². The molecule has 8 heteroatoms. The fraction of sp³-hybridized carbons (Fsp3) is 0.647. The number of Topliss-reactive ketones (excluding diaryl/α,β-unsaturated/α-hetero) is 2. The van der Waals surface area contributed by atoms with Crippen LogP contribution in [-0.4, -0.2) is 29.5 Å². The van der Waals surface area contributed by atoms with Crippen LogP contribution in [0.4, 0.5) is 0 Å². The number of carbonyl (C=O) groups is 2. The maximum Gasteiger partial charge on any atom is 0.140 e. The summed E-state index contributed by atoms with van der Waals surface area (Å²) in [6.07, 6.45) is 0.864. The van der Waals surface area contributed by atoms with Gasteiger partial charge in [-0.2, -0.15) is 10.5 Å². The van der Waals surface area contributed by atoms with Crippen LogP contribution in [0.1, 0.15) is 59.8 Å². The van der Waals surface area contributed by atoms with Gasteiger partial charge in [0.05, 0.1) is 18.6 Å². The lowest BCUT2D eigenvalue weighted by Gasteiger charge is -2.20. The van der Waals surface area contributed by atoms with Crippen molar-refractivity contribution in [1.29, 1.82) is 10.5 Å². The highest BCUT2D eigenvalue weighted by molar-refractivity contribution is 8.24. The van der Waals surface area contributed by atoms with E-state index in [-0.39, 0.29) is 30.8 Å². The summed E-state index contributed by atoms with van der Waals surface area (Å²) in [6, 6.07) is 4.35. The first-order valence-corrected chi connectivity index (χ1v) is 10.2. The van der Waals surface area contributed by atoms with Crippen LogP contribution in [0.15, 0.2) is 0 Å². The second kappa shape index (κ2) is 11.0. The summed E-state index contributed by atoms with van der Waals surface area (Å²) in [5, 5.41) is 18.5. The smallest absolute Gasteiger partial charge is 0.140 e. The number of thioether (sulfide) groups is 2. The van der Waals surface area contributed by atoms with E-state index in [0.717, 1.165) is 0 Å². The number of ketones is 2. The van der Waals surface area contributed by atoms with Gasteiger partial charge >= 0.3 is 0 Å². The Bertz CT molecular complexity index is 582. The molecule has 2 unspecified atom stereocenters. The summed E-state index contributed by atoms with van der Waals surface area (Å²) >= 11 is 12.5. The van der Waals surface area contributed by atoms with Crippen LogP contribution >= 0.6 is 48.0 Å². The van der Waals surface area contributed by atoms with E-state index in [0.29, 0.717) is 21.2 Å². The predicted molar refractivity (Wildman–Crippen MR) is 113 cm³/mol. The van der Waals surface area contributed by atoms with E-state index in [9.17, 15) is 20.1 Å². The second-order valence-corrected chi connectivity index (χ2v) is 11.3. The number of nitriles is 2. The topological polar surface area (TPSA) is 81.7 Å². The summed E-state index contributed by atoms with van der Waals surface area (Å²) in [5.74, 6) is -0.377. The Balaban J connectivity index is 4.46. The number of nitrogens with zero attached hydrogens (tertiary/aromatic N) is 2. The quantitative estimate of drug-likeness (QED) is 0.372. The Morgan fingerprint density at radius 1 is 0.880 bits per heavy atom. The van der Waals surface area contributed by atoms with Crippen molar-refractivity contribution in [3.05, 3.63) is 0 Å². The average molecular weight is 415 g/mol. The molecular weight excluding hydrogens is 392 g/mol. The lowest BCUT2D eigenvalue weighted by atomic mass is 9.98. The van der Waals surface area contributed by atoms with E-state index < -0.39 is 9.49 Å². The van der Waals surface area contributed by atoms with E-state index in [1.54, 1.807) is 27.7 Å². The highest BCUT2D eigenvalue weighted by atomic mass is 32.2. The fourth-order valence-electron chi connectivity index (χ4n) is 2.05. The van der Waals surface area contributed by atoms with E-state index in [4.69, 9.17) is 24.4 Å². The summed E-state index contributed by atoms with van der Waals surface area (Å²) in [4.78, 5) is 24.0. The van der Waals surface area contributed by atoms with Gasteiger partial charge < -0.3 is 0 Å². The predicted octanol–water partition coefficient (Wildman–Crippen LogP) is 4.80. The lowest BCUT2D eigenvalue weighted by molar-refractivity contribution is -0.127. The normalized spacial score (nSPS) is 15.1. The second-order valence-electron chi connectivity index (χ2n) is 6.13. The van der Waals surface area contributed by atoms with Gasteiger partial charge in [-0.1, -0.05) is 48.0 Å². The molecule has 0 saturated heterocycles. The van der Waals surface area contributed by atoms with Gasteiger partial charge in [0.1, 0.15) is 21.1 Å².